The van der Waals surface area contributed by atoms with Crippen molar-refractivity contribution in [3.05, 3.63) is 0 Å². The number of aliphatic hydroxyl groups excluding tert-OH is 7. The van der Waals surface area contributed by atoms with Crippen molar-refractivity contribution in [2.45, 2.75) is 131 Å². The van der Waals surface area contributed by atoms with Crippen LogP contribution in [0.15, 0.2) is 0 Å². The molecule has 1 unspecified atom stereocenters. The second kappa shape index (κ2) is 17.0. The van der Waals surface area contributed by atoms with Crippen LogP contribution in [0.2, 0.25) is 0 Å². The molecule has 0 spiro atoms. The number of hydrogen-bond donors (Lipinski definition) is 7. The number of rotatable bonds is 17. The Kier molecular flexibility index (Phi) is 15.1. The minimum Gasteiger partial charge on any atom is -0.394 e. The summed E-state index contributed by atoms with van der Waals surface area (Å²) in [6.45, 7) is -0.263. The van der Waals surface area contributed by atoms with Gasteiger partial charge in [-0.2, -0.15) is 22.0 Å². The average Bonchev–Trinajstić information content (AvgIpc) is 2.94. The quantitative estimate of drug-likeness (QED) is 0.0841. The Labute approximate surface area is 239 Å². The maximum absolute atomic E-state index is 13.2. The SMILES string of the molecule is CCCCCCC(CO[C@@H]1O[C@H](CO)[C@@H](O[C@H]2O[C@H](CO)[C@@H](O)[C@H](O)[C@H]2O)[C@H](O)[C@H]1O)OCCCC(F)(F)C(F)(F)F. The summed E-state index contributed by atoms with van der Waals surface area (Å²) >= 11 is 0. The second-order valence-electron chi connectivity index (χ2n) is 10.5. The third-order valence-corrected chi connectivity index (χ3v) is 7.19. The lowest BCUT2D eigenvalue weighted by Crippen LogP contribution is -2.64. The molecule has 2 aliphatic heterocycles. The van der Waals surface area contributed by atoms with Gasteiger partial charge in [0, 0.05) is 13.0 Å². The van der Waals surface area contributed by atoms with Crippen molar-refractivity contribution in [2.75, 3.05) is 26.4 Å². The van der Waals surface area contributed by atoms with Crippen LogP contribution >= 0.6 is 0 Å². The lowest BCUT2D eigenvalue weighted by atomic mass is 9.97. The number of ether oxygens (including phenoxy) is 5. The molecular formula is C25H43F5O12. The molecule has 0 aromatic rings. The average molecular weight is 631 g/mol. The van der Waals surface area contributed by atoms with E-state index in [1.165, 1.54) is 0 Å². The summed E-state index contributed by atoms with van der Waals surface area (Å²) in [5, 5.41) is 70.6. The molecule has 0 aromatic carbocycles. The molecule has 0 aromatic heterocycles. The Balaban J connectivity index is 1.98. The van der Waals surface area contributed by atoms with Gasteiger partial charge in [-0.15, -0.1) is 0 Å². The van der Waals surface area contributed by atoms with E-state index in [1.54, 1.807) is 0 Å². The number of halogens is 5. The van der Waals surface area contributed by atoms with Crippen molar-refractivity contribution in [1.29, 1.82) is 0 Å². The van der Waals surface area contributed by atoms with E-state index in [9.17, 15) is 57.7 Å². The fraction of sp³-hybridized carbons (Fsp3) is 1.00. The van der Waals surface area contributed by atoms with E-state index in [1.807, 2.05) is 6.92 Å². The molecular weight excluding hydrogens is 587 g/mol. The largest absolute Gasteiger partial charge is 0.453 e. The molecule has 2 aliphatic rings. The van der Waals surface area contributed by atoms with Crippen molar-refractivity contribution in [3.8, 4) is 0 Å². The maximum atomic E-state index is 13.2. The fourth-order valence-corrected chi connectivity index (χ4v) is 4.59. The van der Waals surface area contributed by atoms with E-state index in [-0.39, 0.29) is 6.61 Å². The first-order valence-electron chi connectivity index (χ1n) is 13.9. The van der Waals surface area contributed by atoms with E-state index in [2.05, 4.69) is 0 Å². The Bertz CT molecular complexity index is 762. The minimum absolute atomic E-state index is 0.299. The predicted molar refractivity (Wildman–Crippen MR) is 131 cm³/mol. The van der Waals surface area contributed by atoms with Crippen LogP contribution in [0.5, 0.6) is 0 Å². The van der Waals surface area contributed by atoms with E-state index >= 15 is 0 Å². The molecule has 7 N–H and O–H groups in total. The van der Waals surface area contributed by atoms with E-state index in [0.717, 1.165) is 19.3 Å². The fourth-order valence-electron chi connectivity index (χ4n) is 4.59. The number of unbranched alkanes of at least 4 members (excludes halogenated alkanes) is 3. The van der Waals surface area contributed by atoms with Crippen LogP contribution in [0.4, 0.5) is 22.0 Å². The molecule has 2 fully saturated rings. The Hall–Kier alpha value is -0.830. The van der Waals surface area contributed by atoms with Crippen LogP contribution in [-0.4, -0.2) is 142 Å². The smallest absolute Gasteiger partial charge is 0.394 e. The van der Waals surface area contributed by atoms with Gasteiger partial charge in [0.15, 0.2) is 12.6 Å². The molecule has 250 valence electrons. The summed E-state index contributed by atoms with van der Waals surface area (Å²) in [6.07, 6.45) is -21.2. The van der Waals surface area contributed by atoms with Gasteiger partial charge in [-0.05, 0) is 12.8 Å². The van der Waals surface area contributed by atoms with Gasteiger partial charge in [-0.3, -0.25) is 0 Å². The van der Waals surface area contributed by atoms with Gasteiger partial charge in [0.25, 0.3) is 0 Å². The van der Waals surface area contributed by atoms with Crippen molar-refractivity contribution in [3.63, 3.8) is 0 Å². The predicted octanol–water partition coefficient (Wildman–Crippen LogP) is -0.0395. The third-order valence-electron chi connectivity index (χ3n) is 7.19. The van der Waals surface area contributed by atoms with Crippen LogP contribution in [0.1, 0.15) is 51.9 Å². The second-order valence-corrected chi connectivity index (χ2v) is 10.5. The van der Waals surface area contributed by atoms with Gasteiger partial charge < -0.3 is 59.4 Å². The van der Waals surface area contributed by atoms with Crippen molar-refractivity contribution in [2.24, 2.45) is 0 Å². The van der Waals surface area contributed by atoms with Crippen LogP contribution in [-0.2, 0) is 23.7 Å². The monoisotopic (exact) mass is 630 g/mol. The molecule has 0 aliphatic carbocycles. The first-order valence-corrected chi connectivity index (χ1v) is 13.9. The van der Waals surface area contributed by atoms with Crippen molar-refractivity contribution >= 4 is 0 Å². The van der Waals surface area contributed by atoms with Crippen LogP contribution in [0, 0.1) is 0 Å². The summed E-state index contributed by atoms with van der Waals surface area (Å²) < 4.78 is 90.9. The molecule has 42 heavy (non-hydrogen) atoms. The molecule has 2 saturated heterocycles. The summed E-state index contributed by atoms with van der Waals surface area (Å²) in [7, 11) is 0. The van der Waals surface area contributed by atoms with E-state index in [4.69, 9.17) is 23.7 Å². The molecule has 0 saturated carbocycles. The molecule has 0 bridgehead atoms. The highest BCUT2D eigenvalue weighted by Crippen LogP contribution is 2.39. The van der Waals surface area contributed by atoms with Gasteiger partial charge in [0.1, 0.15) is 48.8 Å². The summed E-state index contributed by atoms with van der Waals surface area (Å²) in [4.78, 5) is 0. The van der Waals surface area contributed by atoms with Gasteiger partial charge in [0.05, 0.1) is 25.9 Å². The molecule has 11 atom stereocenters. The van der Waals surface area contributed by atoms with Gasteiger partial charge in [0.2, 0.25) is 0 Å². The van der Waals surface area contributed by atoms with Crippen LogP contribution < -0.4 is 0 Å². The Morgan fingerprint density at radius 2 is 1.36 bits per heavy atom. The van der Waals surface area contributed by atoms with Gasteiger partial charge in [-0.25, -0.2) is 0 Å². The normalized spacial score (nSPS) is 35.4. The van der Waals surface area contributed by atoms with Gasteiger partial charge in [-0.1, -0.05) is 32.6 Å². The summed E-state index contributed by atoms with van der Waals surface area (Å²) in [5.41, 5.74) is 0. The van der Waals surface area contributed by atoms with Gasteiger partial charge >= 0.3 is 12.1 Å². The molecule has 0 amide bonds. The van der Waals surface area contributed by atoms with E-state index < -0.39 is 112 Å². The van der Waals surface area contributed by atoms with Crippen LogP contribution in [0.3, 0.4) is 0 Å². The van der Waals surface area contributed by atoms with Crippen molar-refractivity contribution < 1.29 is 81.4 Å². The molecule has 0 radical (unpaired) electrons. The topological polar surface area (TPSA) is 188 Å². The summed E-state index contributed by atoms with van der Waals surface area (Å²) in [6, 6.07) is 0. The molecule has 2 rings (SSSR count). The zero-order valence-corrected chi connectivity index (χ0v) is 23.2. The first kappa shape index (κ1) is 37.4. The summed E-state index contributed by atoms with van der Waals surface area (Å²) in [5.74, 6) is -4.85. The highest BCUT2D eigenvalue weighted by atomic mass is 19.4. The molecule has 17 heteroatoms. The number of hydrogen-bond acceptors (Lipinski definition) is 12. The highest BCUT2D eigenvalue weighted by molar-refractivity contribution is 4.94. The lowest BCUT2D eigenvalue weighted by molar-refractivity contribution is -0.360. The third kappa shape index (κ3) is 10.1. The maximum Gasteiger partial charge on any atom is 0.453 e. The van der Waals surface area contributed by atoms with Crippen molar-refractivity contribution in [1.82, 2.24) is 0 Å². The van der Waals surface area contributed by atoms with E-state index in [0.29, 0.717) is 12.8 Å². The number of alkyl halides is 5. The van der Waals surface area contributed by atoms with Crippen LogP contribution in [0.25, 0.3) is 0 Å². The number of aliphatic hydroxyl groups is 7. The zero-order valence-electron chi connectivity index (χ0n) is 23.2. The molecule has 12 nitrogen and oxygen atoms in total. The molecule has 2 heterocycles. The lowest BCUT2D eigenvalue weighted by Gasteiger charge is -2.46. The highest BCUT2D eigenvalue weighted by Gasteiger charge is 2.56. The Morgan fingerprint density at radius 3 is 1.95 bits per heavy atom. The standard InChI is InChI=1S/C25H43F5O12/c1-2-3-4-5-7-13(38-9-6-8-24(26,27)25(28,29)30)12-39-22-20(37)18(35)21(15(11-32)41-22)42-23-19(36)17(34)16(33)14(10-31)40-23/h13-23,31-37H,2-12H2,1H3/t13?,14-,15-,16-,17+,18-,19-,20-,21-,22-,23-/m1/s1. The Morgan fingerprint density at radius 1 is 0.738 bits per heavy atom. The zero-order chi connectivity index (χ0) is 31.7. The minimum atomic E-state index is -5.67. The first-order chi connectivity index (χ1) is 19.7.